The molecular weight excluding hydrogens is 270 g/mol. The lowest BCUT2D eigenvalue weighted by Gasteiger charge is -2.36. The van der Waals surface area contributed by atoms with E-state index in [2.05, 4.69) is 43.4 Å². The fourth-order valence-electron chi connectivity index (χ4n) is 2.87. The van der Waals surface area contributed by atoms with Gasteiger partial charge in [0.1, 0.15) is 0 Å². The van der Waals surface area contributed by atoms with Crippen molar-refractivity contribution >= 4 is 11.8 Å². The molecule has 1 N–H and O–H groups in total. The van der Waals surface area contributed by atoms with Crippen molar-refractivity contribution in [1.29, 1.82) is 0 Å². The molecule has 0 spiro atoms. The first-order chi connectivity index (χ1) is 9.64. The summed E-state index contributed by atoms with van der Waals surface area (Å²) in [5, 5.41) is 3.41. The second kappa shape index (κ2) is 6.06. The minimum Gasteiger partial charge on any atom is -0.378 e. The molecule has 2 atom stereocenters. The van der Waals surface area contributed by atoms with Gasteiger partial charge in [-0.15, -0.1) is 11.8 Å². The van der Waals surface area contributed by atoms with Gasteiger partial charge in [0.15, 0.2) is 0 Å². The number of benzene rings is 1. The predicted molar refractivity (Wildman–Crippen MR) is 82.5 cm³/mol. The van der Waals surface area contributed by atoms with Gasteiger partial charge in [-0.3, -0.25) is 0 Å². The third-order valence-corrected chi connectivity index (χ3v) is 5.08. The molecule has 2 aliphatic rings. The number of morpholine rings is 1. The van der Waals surface area contributed by atoms with E-state index in [0.717, 1.165) is 25.4 Å². The first-order valence-corrected chi connectivity index (χ1v) is 8.31. The van der Waals surface area contributed by atoms with Crippen LogP contribution in [0.25, 0.3) is 0 Å². The molecular formula is C16H23NO2S. The molecule has 0 aliphatic carbocycles. The summed E-state index contributed by atoms with van der Waals surface area (Å²) in [6.45, 7) is 7.52. The Balaban J connectivity index is 1.47. The van der Waals surface area contributed by atoms with E-state index >= 15 is 0 Å². The van der Waals surface area contributed by atoms with Crippen molar-refractivity contribution in [1.82, 2.24) is 5.32 Å². The van der Waals surface area contributed by atoms with E-state index in [9.17, 15) is 0 Å². The van der Waals surface area contributed by atoms with Crippen LogP contribution >= 0.6 is 11.8 Å². The van der Waals surface area contributed by atoms with Gasteiger partial charge in [0.25, 0.3) is 0 Å². The molecule has 1 saturated heterocycles. The normalized spacial score (nSPS) is 28.3. The highest BCUT2D eigenvalue weighted by Gasteiger charge is 2.29. The molecule has 20 heavy (non-hydrogen) atoms. The summed E-state index contributed by atoms with van der Waals surface area (Å²) in [7, 11) is 0. The largest absolute Gasteiger partial charge is 0.378 e. The Labute approximate surface area is 125 Å². The Kier molecular flexibility index (Phi) is 4.36. The first-order valence-electron chi connectivity index (χ1n) is 7.32. The standard InChI is InChI=1S/C16H23NO2S/c1-16(2)11-17-7-13(19-16)9-18-8-12-10-20-15-6-4-3-5-14(12)15/h3-6,12-13,17H,7-11H2,1-2H3. The van der Waals surface area contributed by atoms with Gasteiger partial charge in [-0.1, -0.05) is 18.2 Å². The molecule has 4 heteroatoms. The van der Waals surface area contributed by atoms with Gasteiger partial charge in [0.2, 0.25) is 0 Å². The Morgan fingerprint density at radius 1 is 1.35 bits per heavy atom. The third kappa shape index (κ3) is 3.37. The minimum atomic E-state index is -0.0813. The van der Waals surface area contributed by atoms with Crippen LogP contribution in [-0.4, -0.2) is 43.8 Å². The second-order valence-electron chi connectivity index (χ2n) is 6.21. The van der Waals surface area contributed by atoms with Crippen LogP contribution in [0.5, 0.6) is 0 Å². The molecule has 2 unspecified atom stereocenters. The van der Waals surface area contributed by atoms with Crippen molar-refractivity contribution in [3.63, 3.8) is 0 Å². The van der Waals surface area contributed by atoms with Crippen LogP contribution in [0.4, 0.5) is 0 Å². The highest BCUT2D eigenvalue weighted by atomic mass is 32.2. The SMILES string of the molecule is CC1(C)CNCC(COCC2CSc3ccccc32)O1. The number of thioether (sulfide) groups is 1. The van der Waals surface area contributed by atoms with E-state index in [4.69, 9.17) is 9.47 Å². The lowest BCUT2D eigenvalue weighted by atomic mass is 10.0. The highest BCUT2D eigenvalue weighted by Crippen LogP contribution is 2.39. The van der Waals surface area contributed by atoms with E-state index in [1.807, 2.05) is 11.8 Å². The topological polar surface area (TPSA) is 30.5 Å². The van der Waals surface area contributed by atoms with E-state index in [0.29, 0.717) is 12.5 Å². The number of nitrogens with one attached hydrogen (secondary N) is 1. The van der Waals surface area contributed by atoms with Gasteiger partial charge in [-0.05, 0) is 25.5 Å². The molecule has 3 nitrogen and oxygen atoms in total. The minimum absolute atomic E-state index is 0.0813. The molecule has 3 rings (SSSR count). The van der Waals surface area contributed by atoms with Crippen LogP contribution in [0.3, 0.4) is 0 Å². The molecule has 2 heterocycles. The number of ether oxygens (including phenoxy) is 2. The van der Waals surface area contributed by atoms with Crippen LogP contribution < -0.4 is 5.32 Å². The first kappa shape index (κ1) is 14.4. The van der Waals surface area contributed by atoms with Crippen molar-refractivity contribution in [2.45, 2.75) is 36.4 Å². The maximum Gasteiger partial charge on any atom is 0.0940 e. The fraction of sp³-hybridized carbons (Fsp3) is 0.625. The third-order valence-electron chi connectivity index (χ3n) is 3.83. The average molecular weight is 293 g/mol. The Morgan fingerprint density at radius 3 is 3.05 bits per heavy atom. The molecule has 1 aromatic carbocycles. The van der Waals surface area contributed by atoms with Crippen LogP contribution in [0.2, 0.25) is 0 Å². The lowest BCUT2D eigenvalue weighted by Crippen LogP contribution is -2.51. The number of hydrogen-bond donors (Lipinski definition) is 1. The number of fused-ring (bicyclic) bond motifs is 1. The molecule has 0 saturated carbocycles. The molecule has 2 aliphatic heterocycles. The maximum atomic E-state index is 6.02. The Bertz CT molecular complexity index is 464. The van der Waals surface area contributed by atoms with Gasteiger partial charge in [0, 0.05) is 29.7 Å². The Morgan fingerprint density at radius 2 is 2.20 bits per heavy atom. The Hall–Kier alpha value is -0.550. The van der Waals surface area contributed by atoms with Gasteiger partial charge >= 0.3 is 0 Å². The summed E-state index contributed by atoms with van der Waals surface area (Å²) >= 11 is 1.94. The molecule has 0 aromatic heterocycles. The monoisotopic (exact) mass is 293 g/mol. The van der Waals surface area contributed by atoms with Crippen molar-refractivity contribution in [3.8, 4) is 0 Å². The number of hydrogen-bond acceptors (Lipinski definition) is 4. The summed E-state index contributed by atoms with van der Waals surface area (Å²) < 4.78 is 11.9. The highest BCUT2D eigenvalue weighted by molar-refractivity contribution is 7.99. The van der Waals surface area contributed by atoms with E-state index in [1.54, 1.807) is 0 Å². The molecule has 110 valence electrons. The van der Waals surface area contributed by atoms with Gasteiger partial charge < -0.3 is 14.8 Å². The van der Waals surface area contributed by atoms with Gasteiger partial charge in [-0.2, -0.15) is 0 Å². The van der Waals surface area contributed by atoms with E-state index in [-0.39, 0.29) is 11.7 Å². The summed E-state index contributed by atoms with van der Waals surface area (Å²) in [5.41, 5.74) is 1.36. The van der Waals surface area contributed by atoms with Crippen LogP contribution in [-0.2, 0) is 9.47 Å². The van der Waals surface area contributed by atoms with Crippen LogP contribution in [0.15, 0.2) is 29.2 Å². The van der Waals surface area contributed by atoms with Gasteiger partial charge in [0.05, 0.1) is 24.9 Å². The summed E-state index contributed by atoms with van der Waals surface area (Å²) in [6, 6.07) is 8.66. The summed E-state index contributed by atoms with van der Waals surface area (Å²) in [4.78, 5) is 1.41. The molecule has 0 bridgehead atoms. The zero-order chi connectivity index (χ0) is 14.0. The van der Waals surface area contributed by atoms with Gasteiger partial charge in [-0.25, -0.2) is 0 Å². The van der Waals surface area contributed by atoms with Crippen molar-refractivity contribution in [2.24, 2.45) is 0 Å². The van der Waals surface area contributed by atoms with Crippen molar-refractivity contribution < 1.29 is 9.47 Å². The van der Waals surface area contributed by atoms with Crippen molar-refractivity contribution in [2.75, 3.05) is 32.1 Å². The second-order valence-corrected chi connectivity index (χ2v) is 7.28. The van der Waals surface area contributed by atoms with E-state index < -0.39 is 0 Å². The van der Waals surface area contributed by atoms with Crippen molar-refractivity contribution in [3.05, 3.63) is 29.8 Å². The quantitative estimate of drug-likeness (QED) is 0.924. The van der Waals surface area contributed by atoms with Crippen LogP contribution in [0, 0.1) is 0 Å². The molecule has 1 fully saturated rings. The zero-order valence-corrected chi connectivity index (χ0v) is 13.0. The maximum absolute atomic E-state index is 6.02. The molecule has 0 amide bonds. The predicted octanol–water partition coefficient (Wildman–Crippen LogP) is 2.66. The summed E-state index contributed by atoms with van der Waals surface area (Å²) in [5.74, 6) is 1.66. The van der Waals surface area contributed by atoms with E-state index in [1.165, 1.54) is 10.5 Å². The average Bonchev–Trinajstić information content (AvgIpc) is 2.81. The lowest BCUT2D eigenvalue weighted by molar-refractivity contribution is -0.120. The fourth-order valence-corrected chi connectivity index (χ4v) is 4.10. The van der Waals surface area contributed by atoms with Crippen LogP contribution in [0.1, 0.15) is 25.3 Å². The smallest absolute Gasteiger partial charge is 0.0940 e. The molecule has 1 aromatic rings. The number of rotatable bonds is 4. The molecule has 0 radical (unpaired) electrons. The summed E-state index contributed by atoms with van der Waals surface area (Å²) in [6.07, 6.45) is 0.169. The zero-order valence-electron chi connectivity index (χ0n) is 12.2.